The monoisotopic (exact) mass is 490 g/mol. The summed E-state index contributed by atoms with van der Waals surface area (Å²) < 4.78 is 37.6. The summed E-state index contributed by atoms with van der Waals surface area (Å²) in [6.45, 7) is 3.62. The van der Waals surface area contributed by atoms with Gasteiger partial charge in [0, 0.05) is 13.1 Å². The number of amides is 1. The largest absolute Gasteiger partial charge is 0.497 e. The van der Waals surface area contributed by atoms with Crippen LogP contribution in [0.15, 0.2) is 52.5 Å². The number of ether oxygens (including phenoxy) is 2. The highest BCUT2D eigenvalue weighted by Gasteiger charge is 2.23. The Bertz CT molecular complexity index is 1240. The topological polar surface area (TPSA) is 112 Å². The summed E-state index contributed by atoms with van der Waals surface area (Å²) >= 11 is 1.18. The smallest absolute Gasteiger partial charge is 0.237 e. The molecule has 0 bridgehead atoms. The summed E-state index contributed by atoms with van der Waals surface area (Å²) in [4.78, 5) is 13.0. The van der Waals surface area contributed by atoms with E-state index in [1.165, 1.54) is 18.9 Å². The molecule has 1 heterocycles. The molecule has 0 fully saturated rings. The number of benzene rings is 2. The second-order valence-electron chi connectivity index (χ2n) is 7.35. The van der Waals surface area contributed by atoms with E-state index in [2.05, 4.69) is 15.5 Å². The van der Waals surface area contributed by atoms with E-state index >= 15 is 0 Å². The summed E-state index contributed by atoms with van der Waals surface area (Å²) in [5, 5.41) is 10.9. The minimum atomic E-state index is -3.57. The summed E-state index contributed by atoms with van der Waals surface area (Å²) in [6.07, 6.45) is 0. The fourth-order valence-corrected chi connectivity index (χ4v) is 5.06. The minimum Gasteiger partial charge on any atom is -0.497 e. The minimum absolute atomic E-state index is 0.228. The molecule has 1 unspecified atom stereocenters. The summed E-state index contributed by atoms with van der Waals surface area (Å²) in [6, 6.07) is 11.8. The highest BCUT2D eigenvalue weighted by atomic mass is 32.2. The Morgan fingerprint density at radius 2 is 1.82 bits per heavy atom. The average molecular weight is 491 g/mol. The van der Waals surface area contributed by atoms with Crippen LogP contribution in [0.5, 0.6) is 11.5 Å². The zero-order valence-electron chi connectivity index (χ0n) is 19.0. The highest BCUT2D eigenvalue weighted by Crippen LogP contribution is 2.30. The van der Waals surface area contributed by atoms with E-state index in [9.17, 15) is 13.2 Å². The van der Waals surface area contributed by atoms with Gasteiger partial charge in [0.1, 0.15) is 23.1 Å². The van der Waals surface area contributed by atoms with Gasteiger partial charge in [-0.2, -0.15) is 0 Å². The molecule has 0 aliphatic heterocycles. The number of hydrogen-bond donors (Lipinski definition) is 1. The molecule has 3 aromatic rings. The first-order chi connectivity index (χ1) is 15.6. The van der Waals surface area contributed by atoms with Gasteiger partial charge >= 0.3 is 0 Å². The van der Waals surface area contributed by atoms with Crippen molar-refractivity contribution < 1.29 is 22.7 Å². The second-order valence-corrected chi connectivity index (χ2v) is 10.6. The molecule has 1 N–H and O–H groups in total. The molecule has 1 amide bonds. The fraction of sp³-hybridized carbons (Fsp3) is 0.318. The predicted molar refractivity (Wildman–Crippen MR) is 127 cm³/mol. The number of carbonyl (C=O) groups is 1. The number of anilines is 1. The van der Waals surface area contributed by atoms with Gasteiger partial charge in [0.25, 0.3) is 0 Å². The van der Waals surface area contributed by atoms with Crippen LogP contribution >= 0.6 is 11.8 Å². The molecule has 0 saturated heterocycles. The Morgan fingerprint density at radius 3 is 2.45 bits per heavy atom. The summed E-state index contributed by atoms with van der Waals surface area (Å²) in [5.41, 5.74) is 1.49. The molecule has 0 saturated carbocycles. The van der Waals surface area contributed by atoms with Crippen LogP contribution in [0.3, 0.4) is 0 Å². The number of carbonyl (C=O) groups excluding carboxylic acids is 1. The quantitative estimate of drug-likeness (QED) is 0.455. The van der Waals surface area contributed by atoms with Gasteiger partial charge in [-0.05, 0) is 38.1 Å². The van der Waals surface area contributed by atoms with E-state index in [1.54, 1.807) is 68.1 Å². The lowest BCUT2D eigenvalue weighted by Crippen LogP contribution is -2.23. The molecular formula is C22H26N4O5S2. The van der Waals surface area contributed by atoms with Crippen molar-refractivity contribution in [1.29, 1.82) is 0 Å². The molecule has 3 rings (SSSR count). The fourth-order valence-electron chi connectivity index (χ4n) is 2.92. The maximum absolute atomic E-state index is 12.7. The number of thioether (sulfide) groups is 1. The number of aromatic nitrogens is 3. The highest BCUT2D eigenvalue weighted by molar-refractivity contribution is 8.00. The molecule has 0 radical (unpaired) electrons. The summed E-state index contributed by atoms with van der Waals surface area (Å²) in [7, 11) is 1.16. The van der Waals surface area contributed by atoms with Crippen LogP contribution in [0.4, 0.5) is 5.69 Å². The SMILES string of the molecule is COc1ccc(NC(=O)C(C)Sc2nnc(CS(=O)(=O)c3ccc(C)cc3)n2C)c(OC)c1. The van der Waals surface area contributed by atoms with E-state index in [0.29, 0.717) is 28.2 Å². The third kappa shape index (κ3) is 5.85. The van der Waals surface area contributed by atoms with Crippen LogP contribution in [0, 0.1) is 6.92 Å². The van der Waals surface area contributed by atoms with E-state index in [1.807, 2.05) is 6.92 Å². The first-order valence-corrected chi connectivity index (χ1v) is 12.5. The number of hydrogen-bond acceptors (Lipinski definition) is 8. The molecule has 0 spiro atoms. The lowest BCUT2D eigenvalue weighted by Gasteiger charge is -2.14. The van der Waals surface area contributed by atoms with Gasteiger partial charge in [-0.3, -0.25) is 4.79 Å². The normalized spacial score (nSPS) is 12.3. The molecule has 2 aromatic carbocycles. The van der Waals surface area contributed by atoms with Crippen molar-refractivity contribution in [2.24, 2.45) is 7.05 Å². The summed E-state index contributed by atoms with van der Waals surface area (Å²) in [5.74, 6) is 0.827. The van der Waals surface area contributed by atoms with Gasteiger partial charge in [-0.15, -0.1) is 10.2 Å². The molecular weight excluding hydrogens is 464 g/mol. The van der Waals surface area contributed by atoms with Crippen molar-refractivity contribution >= 4 is 33.2 Å². The molecule has 1 aromatic heterocycles. The van der Waals surface area contributed by atoms with Gasteiger partial charge in [0.15, 0.2) is 15.0 Å². The number of methoxy groups -OCH3 is 2. The Labute approximate surface area is 197 Å². The molecule has 1 atom stereocenters. The zero-order chi connectivity index (χ0) is 24.2. The second kappa shape index (κ2) is 10.3. The van der Waals surface area contributed by atoms with Crippen LogP contribution in [0.2, 0.25) is 0 Å². The van der Waals surface area contributed by atoms with Crippen molar-refractivity contribution in [2.75, 3.05) is 19.5 Å². The van der Waals surface area contributed by atoms with E-state index < -0.39 is 15.1 Å². The Morgan fingerprint density at radius 1 is 1.12 bits per heavy atom. The van der Waals surface area contributed by atoms with E-state index in [-0.39, 0.29) is 16.6 Å². The maximum atomic E-state index is 12.7. The number of nitrogens with zero attached hydrogens (tertiary/aromatic N) is 3. The van der Waals surface area contributed by atoms with Crippen molar-refractivity contribution in [1.82, 2.24) is 14.8 Å². The number of rotatable bonds is 9. The number of aryl methyl sites for hydroxylation is 1. The first kappa shape index (κ1) is 24.6. The molecule has 11 heteroatoms. The van der Waals surface area contributed by atoms with Crippen LogP contribution in [-0.2, 0) is 27.4 Å². The average Bonchev–Trinajstić information content (AvgIpc) is 3.12. The van der Waals surface area contributed by atoms with Crippen molar-refractivity contribution in [2.45, 2.75) is 34.9 Å². The molecule has 176 valence electrons. The van der Waals surface area contributed by atoms with Crippen molar-refractivity contribution in [3.8, 4) is 11.5 Å². The van der Waals surface area contributed by atoms with Gasteiger partial charge in [-0.1, -0.05) is 29.5 Å². The Hall–Kier alpha value is -3.05. The third-order valence-corrected chi connectivity index (χ3v) is 7.70. The van der Waals surface area contributed by atoms with Crippen molar-refractivity contribution in [3.05, 3.63) is 53.9 Å². The van der Waals surface area contributed by atoms with Gasteiger partial charge in [0.2, 0.25) is 5.91 Å². The Balaban J connectivity index is 1.69. The van der Waals surface area contributed by atoms with Gasteiger partial charge in [-0.25, -0.2) is 8.42 Å². The van der Waals surface area contributed by atoms with E-state index in [4.69, 9.17) is 9.47 Å². The first-order valence-electron chi connectivity index (χ1n) is 10.0. The number of nitrogens with one attached hydrogen (secondary N) is 1. The van der Waals surface area contributed by atoms with Crippen LogP contribution < -0.4 is 14.8 Å². The lowest BCUT2D eigenvalue weighted by atomic mass is 10.2. The molecule has 0 aliphatic carbocycles. The van der Waals surface area contributed by atoms with Crippen LogP contribution in [0.25, 0.3) is 0 Å². The van der Waals surface area contributed by atoms with Crippen molar-refractivity contribution in [3.63, 3.8) is 0 Å². The van der Waals surface area contributed by atoms with Gasteiger partial charge in [0.05, 0.1) is 30.1 Å². The van der Waals surface area contributed by atoms with Crippen LogP contribution in [0.1, 0.15) is 18.3 Å². The number of sulfone groups is 1. The predicted octanol–water partition coefficient (Wildman–Crippen LogP) is 3.23. The zero-order valence-corrected chi connectivity index (χ0v) is 20.7. The van der Waals surface area contributed by atoms with Gasteiger partial charge < -0.3 is 19.4 Å². The van der Waals surface area contributed by atoms with Crippen LogP contribution in [-0.4, -0.2) is 48.6 Å². The molecule has 33 heavy (non-hydrogen) atoms. The maximum Gasteiger partial charge on any atom is 0.237 e. The van der Waals surface area contributed by atoms with E-state index in [0.717, 1.165) is 5.56 Å². The Kier molecular flexibility index (Phi) is 7.65. The third-order valence-electron chi connectivity index (χ3n) is 4.94. The lowest BCUT2D eigenvalue weighted by molar-refractivity contribution is -0.115. The molecule has 9 nitrogen and oxygen atoms in total. The standard InChI is InChI=1S/C22H26N4O5S2/c1-14-6-9-17(10-7-14)33(28,29)13-20-24-25-22(26(20)3)32-15(2)21(27)23-18-11-8-16(30-4)12-19(18)31-5/h6-12,15H,13H2,1-5H3,(H,23,27). The molecule has 0 aliphatic rings.